The molecule has 2 N–H and O–H groups in total. The Bertz CT molecular complexity index is 512. The van der Waals surface area contributed by atoms with E-state index in [4.69, 9.17) is 10.5 Å². The van der Waals surface area contributed by atoms with Crippen molar-refractivity contribution in [3.05, 3.63) is 40.0 Å². The fourth-order valence-electron chi connectivity index (χ4n) is 1.71. The van der Waals surface area contributed by atoms with Gasteiger partial charge in [0.05, 0.1) is 7.11 Å². The van der Waals surface area contributed by atoms with Crippen molar-refractivity contribution in [3.8, 4) is 5.88 Å². The third-order valence-corrected chi connectivity index (χ3v) is 4.09. The molecule has 0 fully saturated rings. The van der Waals surface area contributed by atoms with E-state index in [-0.39, 0.29) is 6.04 Å². The molecule has 2 aromatic rings. The highest BCUT2D eigenvalue weighted by Crippen LogP contribution is 2.24. The Morgan fingerprint density at radius 3 is 2.89 bits per heavy atom. The minimum atomic E-state index is -0.0186. The van der Waals surface area contributed by atoms with Crippen LogP contribution in [0.25, 0.3) is 0 Å². The van der Waals surface area contributed by atoms with Gasteiger partial charge in [-0.1, -0.05) is 6.92 Å². The van der Waals surface area contributed by atoms with Gasteiger partial charge in [0.2, 0.25) is 5.88 Å². The summed E-state index contributed by atoms with van der Waals surface area (Å²) in [6.07, 6.45) is 3.26. The molecule has 1 atom stereocenters. The van der Waals surface area contributed by atoms with E-state index in [1.165, 1.54) is 16.1 Å². The van der Waals surface area contributed by atoms with Crippen molar-refractivity contribution in [2.45, 2.75) is 25.8 Å². The van der Waals surface area contributed by atoms with Crippen molar-refractivity contribution >= 4 is 11.3 Å². The number of hydrogen-bond donors (Lipinski definition) is 1. The molecule has 2 rings (SSSR count). The molecule has 0 radical (unpaired) electrons. The minimum absolute atomic E-state index is 0.0186. The molecular formula is C13H17N3OS. The standard InChI is InChI=1S/C13H17N3OS/c1-3-10-4-5-12(18-10)11(14)6-9-7-13(17-2)16-8-15-9/h4-5,7-8,11H,3,6,14H2,1-2H3. The predicted molar refractivity (Wildman–Crippen MR) is 72.9 cm³/mol. The number of methoxy groups -OCH3 is 1. The Morgan fingerprint density at radius 2 is 2.22 bits per heavy atom. The Hall–Kier alpha value is -1.46. The summed E-state index contributed by atoms with van der Waals surface area (Å²) in [5.74, 6) is 0.577. The lowest BCUT2D eigenvalue weighted by Crippen LogP contribution is -2.12. The van der Waals surface area contributed by atoms with Crippen LogP contribution in [0.2, 0.25) is 0 Å². The molecule has 4 nitrogen and oxygen atoms in total. The van der Waals surface area contributed by atoms with Crippen molar-refractivity contribution in [2.24, 2.45) is 5.73 Å². The molecule has 0 amide bonds. The first-order valence-corrected chi connectivity index (χ1v) is 6.73. The fourth-order valence-corrected chi connectivity index (χ4v) is 2.66. The Kier molecular flexibility index (Phi) is 4.28. The van der Waals surface area contributed by atoms with Gasteiger partial charge in [0, 0.05) is 34.0 Å². The summed E-state index contributed by atoms with van der Waals surface area (Å²) in [5.41, 5.74) is 7.10. The summed E-state index contributed by atoms with van der Waals surface area (Å²) in [4.78, 5) is 10.8. The van der Waals surface area contributed by atoms with Crippen LogP contribution in [0.15, 0.2) is 24.5 Å². The van der Waals surface area contributed by atoms with Crippen LogP contribution in [0.3, 0.4) is 0 Å². The normalized spacial score (nSPS) is 12.4. The van der Waals surface area contributed by atoms with Gasteiger partial charge < -0.3 is 10.5 Å². The minimum Gasteiger partial charge on any atom is -0.481 e. The van der Waals surface area contributed by atoms with Gasteiger partial charge in [-0.2, -0.15) is 0 Å². The molecule has 5 heteroatoms. The van der Waals surface area contributed by atoms with E-state index in [1.807, 2.05) is 6.07 Å². The van der Waals surface area contributed by atoms with E-state index < -0.39 is 0 Å². The van der Waals surface area contributed by atoms with Gasteiger partial charge >= 0.3 is 0 Å². The quantitative estimate of drug-likeness (QED) is 0.899. The topological polar surface area (TPSA) is 61.0 Å². The smallest absolute Gasteiger partial charge is 0.216 e. The van der Waals surface area contributed by atoms with Gasteiger partial charge in [-0.3, -0.25) is 0 Å². The largest absolute Gasteiger partial charge is 0.481 e. The van der Waals surface area contributed by atoms with E-state index in [1.54, 1.807) is 18.4 Å². The van der Waals surface area contributed by atoms with Crippen molar-refractivity contribution in [1.82, 2.24) is 9.97 Å². The monoisotopic (exact) mass is 263 g/mol. The Labute approximate surface area is 111 Å². The van der Waals surface area contributed by atoms with Gasteiger partial charge in [-0.15, -0.1) is 11.3 Å². The Morgan fingerprint density at radius 1 is 1.39 bits per heavy atom. The number of rotatable bonds is 5. The lowest BCUT2D eigenvalue weighted by atomic mass is 10.1. The maximum absolute atomic E-state index is 6.20. The number of aryl methyl sites for hydroxylation is 1. The summed E-state index contributed by atoms with van der Waals surface area (Å²) in [5, 5.41) is 0. The first-order valence-electron chi connectivity index (χ1n) is 5.92. The maximum Gasteiger partial charge on any atom is 0.216 e. The average Bonchev–Trinajstić information content (AvgIpc) is 2.88. The van der Waals surface area contributed by atoms with Crippen molar-refractivity contribution in [1.29, 1.82) is 0 Å². The van der Waals surface area contributed by atoms with Gasteiger partial charge in [-0.05, 0) is 18.6 Å². The number of hydrogen-bond acceptors (Lipinski definition) is 5. The molecule has 2 heterocycles. The highest BCUT2D eigenvalue weighted by atomic mass is 32.1. The Balaban J connectivity index is 2.08. The zero-order chi connectivity index (χ0) is 13.0. The van der Waals surface area contributed by atoms with Crippen LogP contribution in [0.5, 0.6) is 5.88 Å². The second-order valence-electron chi connectivity index (χ2n) is 4.02. The lowest BCUT2D eigenvalue weighted by molar-refractivity contribution is 0.395. The molecule has 1 unspecified atom stereocenters. The van der Waals surface area contributed by atoms with Crippen LogP contribution in [0.4, 0.5) is 0 Å². The zero-order valence-corrected chi connectivity index (χ0v) is 11.4. The predicted octanol–water partition coefficient (Wildman–Crippen LogP) is 2.35. The summed E-state index contributed by atoms with van der Waals surface area (Å²) in [6, 6.07) is 6.05. The molecule has 0 saturated carbocycles. The van der Waals surface area contributed by atoms with E-state index in [0.717, 1.165) is 12.1 Å². The van der Waals surface area contributed by atoms with E-state index in [9.17, 15) is 0 Å². The second-order valence-corrected chi connectivity index (χ2v) is 5.22. The molecule has 0 saturated heterocycles. The van der Waals surface area contributed by atoms with E-state index >= 15 is 0 Å². The van der Waals surface area contributed by atoms with E-state index in [0.29, 0.717) is 12.3 Å². The SMILES string of the molecule is CCc1ccc(C(N)Cc2cc(OC)ncn2)s1. The average molecular weight is 263 g/mol. The molecule has 0 bridgehead atoms. The number of aromatic nitrogens is 2. The lowest BCUT2D eigenvalue weighted by Gasteiger charge is -2.09. The molecular weight excluding hydrogens is 246 g/mol. The summed E-state index contributed by atoms with van der Waals surface area (Å²) >= 11 is 1.77. The van der Waals surface area contributed by atoms with Gasteiger partial charge in [0.1, 0.15) is 6.33 Å². The molecule has 96 valence electrons. The molecule has 0 aliphatic carbocycles. The highest BCUT2D eigenvalue weighted by molar-refractivity contribution is 7.12. The van der Waals surface area contributed by atoms with E-state index in [2.05, 4.69) is 29.0 Å². The van der Waals surface area contributed by atoms with Crippen LogP contribution in [0, 0.1) is 0 Å². The van der Waals surface area contributed by atoms with Crippen molar-refractivity contribution in [2.75, 3.05) is 7.11 Å². The second kappa shape index (κ2) is 5.93. The van der Waals surface area contributed by atoms with Crippen molar-refractivity contribution in [3.63, 3.8) is 0 Å². The van der Waals surface area contributed by atoms with Crippen LogP contribution in [0.1, 0.15) is 28.4 Å². The zero-order valence-electron chi connectivity index (χ0n) is 10.6. The first-order chi connectivity index (χ1) is 8.72. The molecule has 2 aromatic heterocycles. The molecule has 0 aromatic carbocycles. The molecule has 0 spiro atoms. The maximum atomic E-state index is 6.20. The van der Waals surface area contributed by atoms with Crippen LogP contribution in [-0.4, -0.2) is 17.1 Å². The van der Waals surface area contributed by atoms with Crippen LogP contribution < -0.4 is 10.5 Å². The number of nitrogens with zero attached hydrogens (tertiary/aromatic N) is 2. The molecule has 0 aliphatic rings. The molecule has 0 aliphatic heterocycles. The third-order valence-electron chi connectivity index (χ3n) is 2.73. The summed E-state index contributed by atoms with van der Waals surface area (Å²) in [7, 11) is 1.60. The van der Waals surface area contributed by atoms with Crippen LogP contribution >= 0.6 is 11.3 Å². The van der Waals surface area contributed by atoms with Crippen LogP contribution in [-0.2, 0) is 12.8 Å². The third kappa shape index (κ3) is 3.05. The molecule has 18 heavy (non-hydrogen) atoms. The summed E-state index contributed by atoms with van der Waals surface area (Å²) < 4.78 is 5.07. The number of thiophene rings is 1. The first kappa shape index (κ1) is 13.0. The fraction of sp³-hybridized carbons (Fsp3) is 0.385. The summed E-state index contributed by atoms with van der Waals surface area (Å²) in [6.45, 7) is 2.15. The van der Waals surface area contributed by atoms with Gasteiger partial charge in [0.15, 0.2) is 0 Å². The highest BCUT2D eigenvalue weighted by Gasteiger charge is 2.11. The number of nitrogens with two attached hydrogens (primary N) is 1. The van der Waals surface area contributed by atoms with Gasteiger partial charge in [0.25, 0.3) is 0 Å². The number of ether oxygens (including phenoxy) is 1. The van der Waals surface area contributed by atoms with Crippen molar-refractivity contribution < 1.29 is 4.74 Å². The van der Waals surface area contributed by atoms with Gasteiger partial charge in [-0.25, -0.2) is 9.97 Å².